The van der Waals surface area contributed by atoms with Crippen molar-refractivity contribution in [2.75, 3.05) is 0 Å². The Balaban J connectivity index is 1.15. The van der Waals surface area contributed by atoms with E-state index < -0.39 is 0 Å². The molecule has 2 aromatic heterocycles. The maximum Gasteiger partial charge on any atom is 0.227 e. The van der Waals surface area contributed by atoms with Gasteiger partial charge in [0, 0.05) is 22.3 Å². The Bertz CT molecular complexity index is 2520. The number of rotatable bonds is 6. The SMILES string of the molecule is c1ccc(-c2nc(-c3ccccc3)nc(-c3ccc(-c4c(-c5ccc6oc(-c7ccccc7)nc6c5)ccc5ccccc45)cc3)n2)cc1. The quantitative estimate of drug-likeness (QED) is 0.183. The second-order valence-electron chi connectivity index (χ2n) is 11.9. The molecule has 0 aliphatic carbocycles. The summed E-state index contributed by atoms with van der Waals surface area (Å²) in [5.74, 6) is 2.53. The van der Waals surface area contributed by atoms with E-state index >= 15 is 0 Å². The lowest BCUT2D eigenvalue weighted by molar-refractivity contribution is 0.620. The Hall–Kier alpha value is -6.72. The van der Waals surface area contributed by atoms with Crippen LogP contribution in [0.1, 0.15) is 0 Å². The molecule has 230 valence electrons. The third-order valence-electron chi connectivity index (χ3n) is 8.78. The van der Waals surface area contributed by atoms with Gasteiger partial charge in [-0.3, -0.25) is 0 Å². The summed E-state index contributed by atoms with van der Waals surface area (Å²) in [6, 6.07) is 57.8. The molecular weight excluding hydrogens is 601 g/mol. The van der Waals surface area contributed by atoms with Crippen molar-refractivity contribution in [2.45, 2.75) is 0 Å². The minimum atomic E-state index is 0.617. The Morgan fingerprint density at radius 2 is 0.878 bits per heavy atom. The molecular formula is C44H28N4O. The molecule has 0 amide bonds. The van der Waals surface area contributed by atoms with E-state index in [0.717, 1.165) is 55.6 Å². The summed E-state index contributed by atoms with van der Waals surface area (Å²) in [5.41, 5.74) is 9.79. The second-order valence-corrected chi connectivity index (χ2v) is 11.9. The van der Waals surface area contributed by atoms with Crippen molar-refractivity contribution in [1.82, 2.24) is 19.9 Å². The highest BCUT2D eigenvalue weighted by Crippen LogP contribution is 2.40. The standard InChI is InChI=1S/C44H28N4O/c1-4-13-31(14-5-1)41-46-42(32-15-6-2-7-16-32)48-43(47-41)33-22-20-30(21-23-33)40-36-19-11-10-12-29(36)24-26-37(40)35-25-27-39-38(28-35)45-44(49-39)34-17-8-3-9-18-34/h1-28H. The van der Waals surface area contributed by atoms with Crippen LogP contribution in [0.3, 0.4) is 0 Å². The van der Waals surface area contributed by atoms with Crippen LogP contribution >= 0.6 is 0 Å². The first kappa shape index (κ1) is 28.5. The number of hydrogen-bond acceptors (Lipinski definition) is 5. The largest absolute Gasteiger partial charge is 0.436 e. The minimum Gasteiger partial charge on any atom is -0.436 e. The number of oxazole rings is 1. The zero-order valence-electron chi connectivity index (χ0n) is 26.4. The molecule has 0 fully saturated rings. The molecule has 2 heterocycles. The Morgan fingerprint density at radius 1 is 0.367 bits per heavy atom. The minimum absolute atomic E-state index is 0.617. The highest BCUT2D eigenvalue weighted by atomic mass is 16.3. The fourth-order valence-electron chi connectivity index (χ4n) is 6.35. The highest BCUT2D eigenvalue weighted by molar-refractivity contribution is 6.05. The molecule has 0 aliphatic heterocycles. The summed E-state index contributed by atoms with van der Waals surface area (Å²) in [4.78, 5) is 19.6. The second kappa shape index (κ2) is 12.1. The van der Waals surface area contributed by atoms with Gasteiger partial charge >= 0.3 is 0 Å². The molecule has 5 nitrogen and oxygen atoms in total. The van der Waals surface area contributed by atoms with E-state index in [4.69, 9.17) is 24.4 Å². The smallest absolute Gasteiger partial charge is 0.227 e. The van der Waals surface area contributed by atoms with Crippen LogP contribution in [0.25, 0.3) is 89.7 Å². The molecule has 7 aromatic carbocycles. The van der Waals surface area contributed by atoms with Gasteiger partial charge in [0.15, 0.2) is 23.1 Å². The molecule has 0 aliphatic rings. The lowest BCUT2D eigenvalue weighted by atomic mass is 9.89. The van der Waals surface area contributed by atoms with Gasteiger partial charge in [0.1, 0.15) is 5.52 Å². The molecule has 0 radical (unpaired) electrons. The predicted molar refractivity (Wildman–Crippen MR) is 198 cm³/mol. The number of hydrogen-bond donors (Lipinski definition) is 0. The Labute approximate surface area is 283 Å². The molecule has 9 aromatic rings. The summed E-state index contributed by atoms with van der Waals surface area (Å²) in [7, 11) is 0. The van der Waals surface area contributed by atoms with E-state index in [2.05, 4.69) is 72.8 Å². The molecule has 0 saturated carbocycles. The number of aromatic nitrogens is 4. The summed E-state index contributed by atoms with van der Waals surface area (Å²) in [5, 5.41) is 2.35. The van der Waals surface area contributed by atoms with Gasteiger partial charge in [-0.15, -0.1) is 0 Å². The van der Waals surface area contributed by atoms with E-state index in [0.29, 0.717) is 23.4 Å². The van der Waals surface area contributed by atoms with Crippen LogP contribution in [0.2, 0.25) is 0 Å². The van der Waals surface area contributed by atoms with Crippen molar-refractivity contribution in [1.29, 1.82) is 0 Å². The molecule has 0 spiro atoms. The molecule has 0 atom stereocenters. The van der Waals surface area contributed by atoms with Crippen LogP contribution in [0.15, 0.2) is 174 Å². The Kier molecular flexibility index (Phi) is 7.06. The summed E-state index contributed by atoms with van der Waals surface area (Å²) in [6.07, 6.45) is 0. The highest BCUT2D eigenvalue weighted by Gasteiger charge is 2.16. The van der Waals surface area contributed by atoms with Crippen molar-refractivity contribution in [2.24, 2.45) is 0 Å². The lowest BCUT2D eigenvalue weighted by Gasteiger charge is -2.15. The van der Waals surface area contributed by atoms with Gasteiger partial charge in [0.05, 0.1) is 0 Å². The van der Waals surface area contributed by atoms with Crippen molar-refractivity contribution in [3.05, 3.63) is 170 Å². The van der Waals surface area contributed by atoms with Crippen LogP contribution in [0.4, 0.5) is 0 Å². The third kappa shape index (κ3) is 5.43. The number of nitrogens with zero attached hydrogens (tertiary/aromatic N) is 4. The van der Waals surface area contributed by atoms with E-state index in [-0.39, 0.29) is 0 Å². The van der Waals surface area contributed by atoms with Crippen molar-refractivity contribution in [3.63, 3.8) is 0 Å². The first-order chi connectivity index (χ1) is 24.3. The number of benzene rings is 7. The average molecular weight is 629 g/mol. The third-order valence-corrected chi connectivity index (χ3v) is 8.78. The molecule has 0 saturated heterocycles. The summed E-state index contributed by atoms with van der Waals surface area (Å²) in [6.45, 7) is 0. The normalized spacial score (nSPS) is 11.3. The monoisotopic (exact) mass is 628 g/mol. The zero-order valence-corrected chi connectivity index (χ0v) is 26.4. The first-order valence-corrected chi connectivity index (χ1v) is 16.2. The first-order valence-electron chi connectivity index (χ1n) is 16.2. The molecule has 9 rings (SSSR count). The van der Waals surface area contributed by atoms with E-state index in [9.17, 15) is 0 Å². The van der Waals surface area contributed by atoms with Gasteiger partial charge in [-0.2, -0.15) is 0 Å². The fraction of sp³-hybridized carbons (Fsp3) is 0. The van der Waals surface area contributed by atoms with Crippen molar-refractivity contribution >= 4 is 21.9 Å². The fourth-order valence-corrected chi connectivity index (χ4v) is 6.35. The predicted octanol–water partition coefficient (Wildman–Crippen LogP) is 11.2. The molecule has 0 N–H and O–H groups in total. The van der Waals surface area contributed by atoms with Gasteiger partial charge < -0.3 is 4.42 Å². The summed E-state index contributed by atoms with van der Waals surface area (Å²) >= 11 is 0. The average Bonchev–Trinajstić information content (AvgIpc) is 3.62. The van der Waals surface area contributed by atoms with Crippen LogP contribution < -0.4 is 0 Å². The van der Waals surface area contributed by atoms with Crippen molar-refractivity contribution in [3.8, 4) is 67.9 Å². The van der Waals surface area contributed by atoms with Crippen LogP contribution in [-0.2, 0) is 0 Å². The molecule has 0 bridgehead atoms. The van der Waals surface area contributed by atoms with Gasteiger partial charge in [0.2, 0.25) is 5.89 Å². The van der Waals surface area contributed by atoms with E-state index in [1.165, 1.54) is 10.8 Å². The molecule has 0 unspecified atom stereocenters. The maximum absolute atomic E-state index is 6.13. The van der Waals surface area contributed by atoms with E-state index in [1.54, 1.807) is 0 Å². The lowest BCUT2D eigenvalue weighted by Crippen LogP contribution is -2.00. The van der Waals surface area contributed by atoms with Gasteiger partial charge in [0.25, 0.3) is 0 Å². The van der Waals surface area contributed by atoms with Crippen LogP contribution in [-0.4, -0.2) is 19.9 Å². The van der Waals surface area contributed by atoms with Gasteiger partial charge in [-0.05, 0) is 57.3 Å². The number of fused-ring (bicyclic) bond motifs is 2. The van der Waals surface area contributed by atoms with Crippen LogP contribution in [0.5, 0.6) is 0 Å². The van der Waals surface area contributed by atoms with E-state index in [1.807, 2.05) is 97.1 Å². The van der Waals surface area contributed by atoms with Gasteiger partial charge in [-0.1, -0.05) is 146 Å². The molecule has 49 heavy (non-hydrogen) atoms. The van der Waals surface area contributed by atoms with Gasteiger partial charge in [-0.25, -0.2) is 19.9 Å². The molecule has 5 heteroatoms. The van der Waals surface area contributed by atoms with Crippen LogP contribution in [0, 0.1) is 0 Å². The zero-order chi connectivity index (χ0) is 32.6. The topological polar surface area (TPSA) is 64.7 Å². The summed E-state index contributed by atoms with van der Waals surface area (Å²) < 4.78 is 6.13. The van der Waals surface area contributed by atoms with Crippen molar-refractivity contribution < 1.29 is 4.42 Å². The maximum atomic E-state index is 6.13. The Morgan fingerprint density at radius 3 is 1.51 bits per heavy atom.